The summed E-state index contributed by atoms with van der Waals surface area (Å²) in [7, 11) is -0.419. The lowest BCUT2D eigenvalue weighted by Crippen LogP contribution is -2.41. The zero-order chi connectivity index (χ0) is 16.4. The summed E-state index contributed by atoms with van der Waals surface area (Å²) in [6.45, 7) is 10.3. The van der Waals surface area contributed by atoms with Gasteiger partial charge in [0.25, 0.3) is 0 Å². The van der Waals surface area contributed by atoms with Gasteiger partial charge < -0.3 is 19.0 Å². The highest BCUT2D eigenvalue weighted by molar-refractivity contribution is 6.64. The Hall–Kier alpha value is -1.72. The van der Waals surface area contributed by atoms with Crippen LogP contribution in [-0.2, 0) is 9.31 Å². The highest BCUT2D eigenvalue weighted by Gasteiger charge is 2.52. The van der Waals surface area contributed by atoms with Crippen LogP contribution in [0.3, 0.4) is 0 Å². The van der Waals surface area contributed by atoms with E-state index in [0.717, 1.165) is 27.9 Å². The minimum absolute atomic E-state index is 0.267. The predicted molar refractivity (Wildman–Crippen MR) is 94.0 cm³/mol. The van der Waals surface area contributed by atoms with Gasteiger partial charge in [0.1, 0.15) is 5.58 Å². The Labute approximate surface area is 137 Å². The number of hydrogen-bond acceptors (Lipinski definition) is 4. The highest BCUT2D eigenvalue weighted by Crippen LogP contribution is 2.38. The molecule has 1 N–H and O–H groups in total. The van der Waals surface area contributed by atoms with Gasteiger partial charge in [0.15, 0.2) is 0 Å². The molecule has 1 fully saturated rings. The summed E-state index contributed by atoms with van der Waals surface area (Å²) < 4.78 is 18.5. The van der Waals surface area contributed by atoms with Crippen molar-refractivity contribution < 1.29 is 13.7 Å². The summed E-state index contributed by atoms with van der Waals surface area (Å²) in [5, 5.41) is 4.45. The number of rotatable bonds is 1. The minimum atomic E-state index is -0.419. The standard InChI is InChI=1S/C18H22BNO3/c1-11-9-10-13-12-7-6-8-14(15(12)21-16(13)20-11)19-22-17(2,3)18(4,5)23-19/h6-11,20H,1-5H3. The van der Waals surface area contributed by atoms with E-state index >= 15 is 0 Å². The fourth-order valence-corrected chi connectivity index (χ4v) is 3.08. The second kappa shape index (κ2) is 4.65. The normalized spacial score (nSPS) is 24.7. The van der Waals surface area contributed by atoms with Crippen molar-refractivity contribution in [2.75, 3.05) is 5.32 Å². The monoisotopic (exact) mass is 311 g/mol. The van der Waals surface area contributed by atoms with Gasteiger partial charge in [-0.1, -0.05) is 30.4 Å². The van der Waals surface area contributed by atoms with E-state index in [1.54, 1.807) is 0 Å². The van der Waals surface area contributed by atoms with Gasteiger partial charge in [0, 0.05) is 22.5 Å². The molecule has 0 spiro atoms. The Bertz CT molecular complexity index is 790. The van der Waals surface area contributed by atoms with Gasteiger partial charge in [0.2, 0.25) is 5.88 Å². The molecular weight excluding hydrogens is 289 g/mol. The summed E-state index contributed by atoms with van der Waals surface area (Å²) in [5.74, 6) is 0.818. The summed E-state index contributed by atoms with van der Waals surface area (Å²) in [6, 6.07) is 6.40. The van der Waals surface area contributed by atoms with E-state index in [9.17, 15) is 0 Å². The second-order valence-corrected chi connectivity index (χ2v) is 7.45. The highest BCUT2D eigenvalue weighted by atomic mass is 16.7. The Balaban J connectivity index is 1.82. The predicted octanol–water partition coefficient (Wildman–Crippen LogP) is 3.56. The van der Waals surface area contributed by atoms with Crippen molar-refractivity contribution in [2.45, 2.75) is 51.9 Å². The molecule has 1 saturated heterocycles. The van der Waals surface area contributed by atoms with Crippen molar-refractivity contribution in [1.29, 1.82) is 0 Å². The number of fused-ring (bicyclic) bond motifs is 3. The first-order valence-corrected chi connectivity index (χ1v) is 8.14. The third kappa shape index (κ3) is 2.14. The zero-order valence-electron chi connectivity index (χ0n) is 14.3. The van der Waals surface area contributed by atoms with Gasteiger partial charge in [-0.15, -0.1) is 0 Å². The molecule has 0 saturated carbocycles. The lowest BCUT2D eigenvalue weighted by Gasteiger charge is -2.32. The molecular formula is C18H22BNO3. The molecule has 23 heavy (non-hydrogen) atoms. The number of hydrogen-bond donors (Lipinski definition) is 1. The molecule has 5 heteroatoms. The van der Waals surface area contributed by atoms with Crippen LogP contribution in [0.1, 0.15) is 40.2 Å². The van der Waals surface area contributed by atoms with Gasteiger partial charge in [-0.05, 0) is 34.6 Å². The fraction of sp³-hybridized carbons (Fsp3) is 0.444. The van der Waals surface area contributed by atoms with Crippen LogP contribution in [0, 0.1) is 0 Å². The Morgan fingerprint density at radius 2 is 1.78 bits per heavy atom. The van der Waals surface area contributed by atoms with Crippen LogP contribution in [0.25, 0.3) is 17.0 Å². The van der Waals surface area contributed by atoms with Crippen molar-refractivity contribution in [3.63, 3.8) is 0 Å². The maximum Gasteiger partial charge on any atom is 0.498 e. The summed E-state index contributed by atoms with van der Waals surface area (Å²) in [6.07, 6.45) is 4.26. The van der Waals surface area contributed by atoms with E-state index in [1.807, 2.05) is 12.1 Å². The average Bonchev–Trinajstić information content (AvgIpc) is 2.92. The van der Waals surface area contributed by atoms with Crippen LogP contribution in [0.2, 0.25) is 0 Å². The van der Waals surface area contributed by atoms with Crippen LogP contribution in [0.4, 0.5) is 5.88 Å². The molecule has 1 aromatic carbocycles. The second-order valence-electron chi connectivity index (χ2n) is 7.45. The van der Waals surface area contributed by atoms with E-state index < -0.39 is 7.12 Å². The SMILES string of the molecule is CC1C=Cc2c(oc3c(B4OC(C)(C)C(C)(C)O4)cccc23)N1. The van der Waals surface area contributed by atoms with Gasteiger partial charge in [-0.25, -0.2) is 0 Å². The van der Waals surface area contributed by atoms with E-state index in [-0.39, 0.29) is 17.2 Å². The minimum Gasteiger partial charge on any atom is -0.440 e. The Morgan fingerprint density at radius 3 is 2.48 bits per heavy atom. The van der Waals surface area contributed by atoms with Crippen molar-refractivity contribution in [1.82, 2.24) is 0 Å². The maximum atomic E-state index is 6.19. The lowest BCUT2D eigenvalue weighted by molar-refractivity contribution is 0.00578. The van der Waals surface area contributed by atoms with Crippen molar-refractivity contribution in [2.24, 2.45) is 0 Å². The molecule has 1 unspecified atom stereocenters. The Morgan fingerprint density at radius 1 is 1.09 bits per heavy atom. The topological polar surface area (TPSA) is 43.6 Å². The molecule has 120 valence electrons. The summed E-state index contributed by atoms with van der Waals surface area (Å²) >= 11 is 0. The molecule has 2 aromatic rings. The van der Waals surface area contributed by atoms with Gasteiger partial charge in [-0.3, -0.25) is 0 Å². The molecule has 1 aromatic heterocycles. The largest absolute Gasteiger partial charge is 0.498 e. The molecule has 0 amide bonds. The molecule has 2 aliphatic heterocycles. The smallest absolute Gasteiger partial charge is 0.440 e. The first kappa shape index (κ1) is 14.9. The Kier molecular flexibility index (Phi) is 3.00. The first-order chi connectivity index (χ1) is 10.8. The molecule has 0 bridgehead atoms. The molecule has 2 aliphatic rings. The first-order valence-electron chi connectivity index (χ1n) is 8.14. The molecule has 4 rings (SSSR count). The molecule has 4 nitrogen and oxygen atoms in total. The number of anilines is 1. The third-order valence-corrected chi connectivity index (χ3v) is 5.20. The van der Waals surface area contributed by atoms with Crippen LogP contribution in [0.5, 0.6) is 0 Å². The van der Waals surface area contributed by atoms with Gasteiger partial charge >= 0.3 is 7.12 Å². The van der Waals surface area contributed by atoms with Gasteiger partial charge in [0.05, 0.1) is 11.2 Å². The van der Waals surface area contributed by atoms with Crippen LogP contribution in [-0.4, -0.2) is 24.4 Å². The number of nitrogens with one attached hydrogen (secondary N) is 1. The van der Waals surface area contributed by atoms with E-state index in [2.05, 4.69) is 58.2 Å². The molecule has 3 heterocycles. The lowest BCUT2D eigenvalue weighted by atomic mass is 9.78. The van der Waals surface area contributed by atoms with E-state index in [0.29, 0.717) is 0 Å². The molecule has 0 aliphatic carbocycles. The van der Waals surface area contributed by atoms with Gasteiger partial charge in [-0.2, -0.15) is 0 Å². The number of furan rings is 1. The van der Waals surface area contributed by atoms with Crippen molar-refractivity contribution >= 4 is 35.5 Å². The fourth-order valence-electron chi connectivity index (χ4n) is 3.08. The van der Waals surface area contributed by atoms with E-state index in [1.165, 1.54) is 0 Å². The van der Waals surface area contributed by atoms with E-state index in [4.69, 9.17) is 13.7 Å². The molecule has 1 atom stereocenters. The summed E-state index contributed by atoms with van der Waals surface area (Å²) in [4.78, 5) is 0. The zero-order valence-corrected chi connectivity index (χ0v) is 14.3. The van der Waals surface area contributed by atoms with Crippen molar-refractivity contribution in [3.05, 3.63) is 29.8 Å². The average molecular weight is 311 g/mol. The maximum absolute atomic E-state index is 6.19. The third-order valence-electron chi connectivity index (χ3n) is 5.20. The number of benzene rings is 1. The molecule has 0 radical (unpaired) electrons. The van der Waals surface area contributed by atoms with Crippen molar-refractivity contribution in [3.8, 4) is 0 Å². The number of para-hydroxylation sites is 1. The van der Waals surface area contributed by atoms with Crippen LogP contribution >= 0.6 is 0 Å². The quantitative estimate of drug-likeness (QED) is 0.818. The van der Waals surface area contributed by atoms with Crippen LogP contribution < -0.4 is 10.8 Å². The summed E-state index contributed by atoms with van der Waals surface area (Å²) in [5.41, 5.74) is 2.15. The van der Waals surface area contributed by atoms with Crippen LogP contribution in [0.15, 0.2) is 28.7 Å².